The van der Waals surface area contributed by atoms with E-state index in [1.807, 2.05) is 0 Å². The SMILES string of the molecule is CCc1ccc(N2CC(N)CCC2(C)C)cc1. The first kappa shape index (κ1) is 12.4. The van der Waals surface area contributed by atoms with Crippen molar-refractivity contribution in [3.05, 3.63) is 29.8 Å². The number of hydrogen-bond acceptors (Lipinski definition) is 2. The molecule has 94 valence electrons. The van der Waals surface area contributed by atoms with Gasteiger partial charge in [-0.25, -0.2) is 0 Å². The summed E-state index contributed by atoms with van der Waals surface area (Å²) >= 11 is 0. The summed E-state index contributed by atoms with van der Waals surface area (Å²) in [5.41, 5.74) is 9.03. The maximum atomic E-state index is 6.10. The molecule has 2 heteroatoms. The Morgan fingerprint density at radius 3 is 2.53 bits per heavy atom. The Hall–Kier alpha value is -1.02. The van der Waals surface area contributed by atoms with Crippen LogP contribution in [0.4, 0.5) is 5.69 Å². The Bertz CT molecular complexity index is 367. The second-order valence-electron chi connectivity index (χ2n) is 5.74. The second kappa shape index (κ2) is 4.69. The molecule has 1 fully saturated rings. The van der Waals surface area contributed by atoms with E-state index in [-0.39, 0.29) is 5.54 Å². The fourth-order valence-corrected chi connectivity index (χ4v) is 2.61. The number of benzene rings is 1. The van der Waals surface area contributed by atoms with Crippen molar-refractivity contribution in [3.8, 4) is 0 Å². The minimum absolute atomic E-state index is 0.226. The summed E-state index contributed by atoms with van der Waals surface area (Å²) in [5.74, 6) is 0. The molecule has 17 heavy (non-hydrogen) atoms. The van der Waals surface area contributed by atoms with Crippen LogP contribution >= 0.6 is 0 Å². The van der Waals surface area contributed by atoms with Gasteiger partial charge in [0.15, 0.2) is 0 Å². The van der Waals surface area contributed by atoms with Crippen LogP contribution in [-0.2, 0) is 6.42 Å². The van der Waals surface area contributed by atoms with Crippen molar-refractivity contribution in [1.29, 1.82) is 0 Å². The van der Waals surface area contributed by atoms with Crippen LogP contribution in [0.2, 0.25) is 0 Å². The highest BCUT2D eigenvalue weighted by molar-refractivity contribution is 5.50. The molecule has 1 aliphatic heterocycles. The third-order valence-corrected chi connectivity index (χ3v) is 3.93. The molecule has 0 saturated carbocycles. The van der Waals surface area contributed by atoms with E-state index >= 15 is 0 Å². The van der Waals surface area contributed by atoms with Crippen molar-refractivity contribution >= 4 is 5.69 Å². The van der Waals surface area contributed by atoms with Crippen LogP contribution in [0.3, 0.4) is 0 Å². The largest absolute Gasteiger partial charge is 0.365 e. The average Bonchev–Trinajstić information content (AvgIpc) is 2.33. The lowest BCUT2D eigenvalue weighted by molar-refractivity contribution is 0.335. The summed E-state index contributed by atoms with van der Waals surface area (Å²) in [6, 6.07) is 9.24. The van der Waals surface area contributed by atoms with Gasteiger partial charge < -0.3 is 10.6 Å². The van der Waals surface area contributed by atoms with Crippen LogP contribution in [-0.4, -0.2) is 18.1 Å². The number of hydrogen-bond donors (Lipinski definition) is 1. The zero-order valence-electron chi connectivity index (χ0n) is 11.2. The maximum Gasteiger partial charge on any atom is 0.0371 e. The molecule has 0 aliphatic carbocycles. The second-order valence-corrected chi connectivity index (χ2v) is 5.74. The van der Waals surface area contributed by atoms with E-state index in [1.165, 1.54) is 17.7 Å². The first-order valence-corrected chi connectivity index (χ1v) is 6.65. The minimum atomic E-state index is 0.226. The smallest absolute Gasteiger partial charge is 0.0371 e. The molecule has 1 heterocycles. The van der Waals surface area contributed by atoms with Crippen molar-refractivity contribution < 1.29 is 0 Å². The van der Waals surface area contributed by atoms with E-state index in [0.29, 0.717) is 6.04 Å². The highest BCUT2D eigenvalue weighted by atomic mass is 15.2. The molecule has 2 N–H and O–H groups in total. The highest BCUT2D eigenvalue weighted by Crippen LogP contribution is 2.32. The Labute approximate surface area is 105 Å². The summed E-state index contributed by atoms with van der Waals surface area (Å²) in [5, 5.41) is 0. The topological polar surface area (TPSA) is 29.3 Å². The van der Waals surface area contributed by atoms with Crippen molar-refractivity contribution in [2.75, 3.05) is 11.4 Å². The minimum Gasteiger partial charge on any atom is -0.365 e. The van der Waals surface area contributed by atoms with Gasteiger partial charge in [0.2, 0.25) is 0 Å². The van der Waals surface area contributed by atoms with Gasteiger partial charge in [0.25, 0.3) is 0 Å². The number of nitrogens with two attached hydrogens (primary N) is 1. The lowest BCUT2D eigenvalue weighted by atomic mass is 9.87. The fraction of sp³-hybridized carbons (Fsp3) is 0.600. The summed E-state index contributed by atoms with van der Waals surface area (Å²) in [6.45, 7) is 7.79. The predicted octanol–water partition coefficient (Wildman–Crippen LogP) is 2.96. The van der Waals surface area contributed by atoms with Gasteiger partial charge in [-0.15, -0.1) is 0 Å². The normalized spacial score (nSPS) is 23.8. The molecule has 1 unspecified atom stereocenters. The average molecular weight is 232 g/mol. The van der Waals surface area contributed by atoms with Crippen LogP contribution in [0.15, 0.2) is 24.3 Å². The monoisotopic (exact) mass is 232 g/mol. The molecule has 0 amide bonds. The Kier molecular flexibility index (Phi) is 3.43. The van der Waals surface area contributed by atoms with Crippen molar-refractivity contribution in [2.45, 2.75) is 51.6 Å². The third kappa shape index (κ3) is 2.63. The van der Waals surface area contributed by atoms with Crippen LogP contribution in [0.1, 0.15) is 39.2 Å². The van der Waals surface area contributed by atoms with Gasteiger partial charge in [-0.1, -0.05) is 19.1 Å². The summed E-state index contributed by atoms with van der Waals surface area (Å²) in [6.07, 6.45) is 3.41. The number of nitrogens with zero attached hydrogens (tertiary/aromatic N) is 1. The van der Waals surface area contributed by atoms with E-state index in [0.717, 1.165) is 19.4 Å². The summed E-state index contributed by atoms with van der Waals surface area (Å²) < 4.78 is 0. The van der Waals surface area contributed by atoms with Gasteiger partial charge in [0.05, 0.1) is 0 Å². The van der Waals surface area contributed by atoms with Gasteiger partial charge in [-0.2, -0.15) is 0 Å². The number of aryl methyl sites for hydroxylation is 1. The first-order valence-electron chi connectivity index (χ1n) is 6.65. The van der Waals surface area contributed by atoms with E-state index in [4.69, 9.17) is 5.73 Å². The molecule has 0 aromatic heterocycles. The van der Waals surface area contributed by atoms with Gasteiger partial charge in [-0.05, 0) is 50.8 Å². The Balaban J connectivity index is 2.23. The molecule has 1 atom stereocenters. The third-order valence-electron chi connectivity index (χ3n) is 3.93. The number of anilines is 1. The van der Waals surface area contributed by atoms with Gasteiger partial charge in [0, 0.05) is 23.8 Å². The van der Waals surface area contributed by atoms with E-state index < -0.39 is 0 Å². The summed E-state index contributed by atoms with van der Waals surface area (Å²) in [7, 11) is 0. The molecule has 2 rings (SSSR count). The Morgan fingerprint density at radius 1 is 1.29 bits per heavy atom. The predicted molar refractivity (Wildman–Crippen MR) is 74.5 cm³/mol. The zero-order chi connectivity index (χ0) is 12.5. The lowest BCUT2D eigenvalue weighted by Crippen LogP contribution is -2.54. The molecule has 0 radical (unpaired) electrons. The number of piperidine rings is 1. The van der Waals surface area contributed by atoms with Gasteiger partial charge in [0.1, 0.15) is 0 Å². The molecule has 1 aromatic rings. The molecular weight excluding hydrogens is 208 g/mol. The summed E-state index contributed by atoms with van der Waals surface area (Å²) in [4.78, 5) is 2.46. The molecule has 0 spiro atoms. The Morgan fingerprint density at radius 2 is 1.94 bits per heavy atom. The van der Waals surface area contributed by atoms with Crippen LogP contribution in [0.25, 0.3) is 0 Å². The molecule has 0 bridgehead atoms. The lowest BCUT2D eigenvalue weighted by Gasteiger charge is -2.46. The van der Waals surface area contributed by atoms with E-state index in [9.17, 15) is 0 Å². The molecular formula is C15H24N2. The standard InChI is InChI=1S/C15H24N2/c1-4-12-5-7-14(8-6-12)17-11-13(16)9-10-15(17,2)3/h5-8,13H,4,9-11,16H2,1-3H3. The van der Waals surface area contributed by atoms with Crippen molar-refractivity contribution in [2.24, 2.45) is 5.73 Å². The first-order chi connectivity index (χ1) is 8.03. The van der Waals surface area contributed by atoms with Crippen LogP contribution in [0, 0.1) is 0 Å². The zero-order valence-corrected chi connectivity index (χ0v) is 11.2. The van der Waals surface area contributed by atoms with Gasteiger partial charge >= 0.3 is 0 Å². The van der Waals surface area contributed by atoms with Gasteiger partial charge in [-0.3, -0.25) is 0 Å². The number of rotatable bonds is 2. The fourth-order valence-electron chi connectivity index (χ4n) is 2.61. The van der Waals surface area contributed by atoms with Crippen molar-refractivity contribution in [1.82, 2.24) is 0 Å². The van der Waals surface area contributed by atoms with Crippen LogP contribution in [0.5, 0.6) is 0 Å². The van der Waals surface area contributed by atoms with E-state index in [1.54, 1.807) is 0 Å². The molecule has 2 nitrogen and oxygen atoms in total. The van der Waals surface area contributed by atoms with Crippen molar-refractivity contribution in [3.63, 3.8) is 0 Å². The van der Waals surface area contributed by atoms with E-state index in [2.05, 4.69) is 49.9 Å². The molecule has 1 aliphatic rings. The molecule has 1 aromatic carbocycles. The molecule has 1 saturated heterocycles. The maximum absolute atomic E-state index is 6.10. The van der Waals surface area contributed by atoms with Crippen LogP contribution < -0.4 is 10.6 Å². The highest BCUT2D eigenvalue weighted by Gasteiger charge is 2.32. The quantitative estimate of drug-likeness (QED) is 0.849.